The van der Waals surface area contributed by atoms with Crippen LogP contribution in [0.25, 0.3) is 0 Å². The summed E-state index contributed by atoms with van der Waals surface area (Å²) in [7, 11) is 0. The third-order valence-electron chi connectivity index (χ3n) is 3.54. The monoisotopic (exact) mass is 329 g/mol. The predicted molar refractivity (Wildman–Crippen MR) is 89.0 cm³/mol. The van der Waals surface area contributed by atoms with Crippen LogP contribution in [-0.4, -0.2) is 26.7 Å². The molecule has 0 spiro atoms. The summed E-state index contributed by atoms with van der Waals surface area (Å²) in [6.45, 7) is 3.62. The molecule has 1 aromatic heterocycles. The van der Waals surface area contributed by atoms with Crippen LogP contribution in [0.15, 0.2) is 46.9 Å². The van der Waals surface area contributed by atoms with E-state index < -0.39 is 5.92 Å². The number of aromatic amines is 1. The number of thioether (sulfide) groups is 1. The van der Waals surface area contributed by atoms with Crippen molar-refractivity contribution in [1.29, 1.82) is 0 Å². The van der Waals surface area contributed by atoms with E-state index in [0.29, 0.717) is 22.0 Å². The minimum Gasteiger partial charge on any atom is -0.508 e. The van der Waals surface area contributed by atoms with Gasteiger partial charge in [0.05, 0.1) is 5.56 Å². The van der Waals surface area contributed by atoms with Crippen LogP contribution in [0.5, 0.6) is 5.75 Å². The molecule has 0 radical (unpaired) electrons. The van der Waals surface area contributed by atoms with Crippen LogP contribution in [0.2, 0.25) is 0 Å². The number of phenolic OH excluding ortho intramolecular Hbond substituents is 1. The molecule has 7 heteroatoms. The molecule has 1 atom stereocenters. The zero-order valence-corrected chi connectivity index (χ0v) is 13.0. The first kappa shape index (κ1) is 15.4. The average Bonchev–Trinajstić information content (AvgIpc) is 2.51. The fraction of sp³-hybridized carbons (Fsp3) is 0.188. The van der Waals surface area contributed by atoms with Gasteiger partial charge < -0.3 is 15.4 Å². The van der Waals surface area contributed by atoms with Crippen molar-refractivity contribution in [1.82, 2.24) is 9.97 Å². The summed E-state index contributed by atoms with van der Waals surface area (Å²) in [6, 6.07) is 6.58. The number of amides is 1. The van der Waals surface area contributed by atoms with Crippen LogP contribution in [-0.2, 0) is 4.79 Å². The Morgan fingerprint density at radius 2 is 2.26 bits per heavy atom. The molecule has 0 aliphatic carbocycles. The van der Waals surface area contributed by atoms with E-state index >= 15 is 0 Å². The number of aromatic hydroxyl groups is 1. The minimum absolute atomic E-state index is 0.0950. The highest BCUT2D eigenvalue weighted by Crippen LogP contribution is 2.35. The van der Waals surface area contributed by atoms with Crippen molar-refractivity contribution in [2.75, 3.05) is 11.1 Å². The van der Waals surface area contributed by atoms with Gasteiger partial charge in [0.25, 0.3) is 5.56 Å². The molecular formula is C16H15N3O3S. The second-order valence-electron chi connectivity index (χ2n) is 5.13. The molecule has 1 aliphatic rings. The highest BCUT2D eigenvalue weighted by atomic mass is 32.2. The van der Waals surface area contributed by atoms with Gasteiger partial charge in [0.15, 0.2) is 5.16 Å². The van der Waals surface area contributed by atoms with Crippen molar-refractivity contribution in [3.8, 4) is 5.75 Å². The lowest BCUT2D eigenvalue weighted by Crippen LogP contribution is -2.31. The number of rotatable bonds is 4. The Hall–Kier alpha value is -2.54. The van der Waals surface area contributed by atoms with Crippen molar-refractivity contribution in [3.63, 3.8) is 0 Å². The SMILES string of the molecule is C=CCSc1nc2c(c(=O)[nH]1)[C@@H](c1cccc(O)c1)CC(=O)N2. The molecule has 2 aromatic rings. The number of carbonyl (C=O) groups excluding carboxylic acids is 1. The van der Waals surface area contributed by atoms with E-state index in [4.69, 9.17) is 0 Å². The second kappa shape index (κ2) is 6.29. The molecule has 1 amide bonds. The first-order valence-electron chi connectivity index (χ1n) is 7.05. The van der Waals surface area contributed by atoms with Crippen molar-refractivity contribution >= 4 is 23.5 Å². The fourth-order valence-electron chi connectivity index (χ4n) is 2.58. The molecule has 1 aromatic carbocycles. The number of anilines is 1. The minimum atomic E-state index is -0.430. The largest absolute Gasteiger partial charge is 0.508 e. The highest BCUT2D eigenvalue weighted by Gasteiger charge is 2.31. The zero-order valence-electron chi connectivity index (χ0n) is 12.2. The van der Waals surface area contributed by atoms with E-state index in [1.165, 1.54) is 11.8 Å². The van der Waals surface area contributed by atoms with E-state index in [0.717, 1.165) is 0 Å². The van der Waals surface area contributed by atoms with E-state index in [2.05, 4.69) is 21.9 Å². The summed E-state index contributed by atoms with van der Waals surface area (Å²) in [4.78, 5) is 31.5. The van der Waals surface area contributed by atoms with Crippen LogP contribution < -0.4 is 10.9 Å². The number of H-pyrrole nitrogens is 1. The van der Waals surface area contributed by atoms with Crippen molar-refractivity contribution in [2.45, 2.75) is 17.5 Å². The third-order valence-corrected chi connectivity index (χ3v) is 4.41. The normalized spacial score (nSPS) is 16.5. The highest BCUT2D eigenvalue weighted by molar-refractivity contribution is 7.99. The van der Waals surface area contributed by atoms with Crippen molar-refractivity contribution in [3.05, 3.63) is 58.4 Å². The van der Waals surface area contributed by atoms with Gasteiger partial charge in [0, 0.05) is 18.1 Å². The molecular weight excluding hydrogens is 314 g/mol. The van der Waals surface area contributed by atoms with Crippen molar-refractivity contribution < 1.29 is 9.90 Å². The van der Waals surface area contributed by atoms with Crippen LogP contribution in [0.1, 0.15) is 23.5 Å². The number of nitrogens with one attached hydrogen (secondary N) is 2. The molecule has 0 saturated carbocycles. The van der Waals surface area contributed by atoms with Gasteiger partial charge in [0.1, 0.15) is 11.6 Å². The van der Waals surface area contributed by atoms with Crippen LogP contribution in [0.4, 0.5) is 5.82 Å². The second-order valence-corrected chi connectivity index (χ2v) is 6.14. The first-order chi connectivity index (χ1) is 11.1. The zero-order chi connectivity index (χ0) is 16.4. The average molecular weight is 329 g/mol. The third kappa shape index (κ3) is 3.14. The van der Waals surface area contributed by atoms with Gasteiger partial charge in [-0.15, -0.1) is 6.58 Å². The predicted octanol–water partition coefficient (Wildman–Crippen LogP) is 2.23. The summed E-state index contributed by atoms with van der Waals surface area (Å²) in [5, 5.41) is 12.7. The summed E-state index contributed by atoms with van der Waals surface area (Å²) >= 11 is 1.33. The number of carbonyl (C=O) groups is 1. The molecule has 23 heavy (non-hydrogen) atoms. The fourth-order valence-corrected chi connectivity index (χ4v) is 3.18. The lowest BCUT2D eigenvalue weighted by atomic mass is 9.87. The molecule has 0 fully saturated rings. The summed E-state index contributed by atoms with van der Waals surface area (Å²) in [6.07, 6.45) is 1.85. The Morgan fingerprint density at radius 3 is 3.00 bits per heavy atom. The summed E-state index contributed by atoms with van der Waals surface area (Å²) in [5.74, 6) is 0.345. The topological polar surface area (TPSA) is 95.1 Å². The maximum atomic E-state index is 12.5. The number of aromatic nitrogens is 2. The molecule has 0 unspecified atom stereocenters. The van der Waals surface area contributed by atoms with Gasteiger partial charge in [0.2, 0.25) is 5.91 Å². The Bertz CT molecular complexity index is 832. The number of fused-ring (bicyclic) bond motifs is 1. The molecule has 6 nitrogen and oxygen atoms in total. The van der Waals surface area contributed by atoms with Gasteiger partial charge in [-0.25, -0.2) is 4.98 Å². The van der Waals surface area contributed by atoms with Crippen LogP contribution in [0, 0.1) is 0 Å². The number of hydrogen-bond acceptors (Lipinski definition) is 5. The van der Waals surface area contributed by atoms with E-state index in [1.54, 1.807) is 30.3 Å². The molecule has 2 heterocycles. The maximum Gasteiger partial charge on any atom is 0.257 e. The molecule has 1 aliphatic heterocycles. The lowest BCUT2D eigenvalue weighted by molar-refractivity contribution is -0.116. The summed E-state index contributed by atoms with van der Waals surface area (Å²) in [5.41, 5.74) is 0.841. The first-order valence-corrected chi connectivity index (χ1v) is 8.03. The lowest BCUT2D eigenvalue weighted by Gasteiger charge is -2.24. The number of hydrogen-bond donors (Lipinski definition) is 3. The molecule has 118 valence electrons. The number of phenols is 1. The molecule has 3 rings (SSSR count). The van der Waals surface area contributed by atoms with E-state index in [-0.39, 0.29) is 29.5 Å². The van der Waals surface area contributed by atoms with E-state index in [9.17, 15) is 14.7 Å². The van der Waals surface area contributed by atoms with Gasteiger partial charge >= 0.3 is 0 Å². The van der Waals surface area contributed by atoms with Gasteiger partial charge in [-0.3, -0.25) is 9.59 Å². The number of benzene rings is 1. The van der Waals surface area contributed by atoms with Gasteiger partial charge in [-0.05, 0) is 17.7 Å². The van der Waals surface area contributed by atoms with E-state index in [1.807, 2.05) is 0 Å². The quantitative estimate of drug-likeness (QED) is 0.454. The Kier molecular flexibility index (Phi) is 4.20. The molecule has 0 bridgehead atoms. The van der Waals surface area contributed by atoms with Crippen LogP contribution >= 0.6 is 11.8 Å². The molecule has 0 saturated heterocycles. The Morgan fingerprint density at radius 1 is 1.43 bits per heavy atom. The Labute approximate surface area is 136 Å². The molecule has 3 N–H and O–H groups in total. The smallest absolute Gasteiger partial charge is 0.257 e. The maximum absolute atomic E-state index is 12.5. The van der Waals surface area contributed by atoms with Crippen LogP contribution in [0.3, 0.4) is 0 Å². The summed E-state index contributed by atoms with van der Waals surface area (Å²) < 4.78 is 0. The van der Waals surface area contributed by atoms with Gasteiger partial charge in [-0.2, -0.15) is 0 Å². The number of nitrogens with zero attached hydrogens (tertiary/aromatic N) is 1. The Balaban J connectivity index is 2.08. The standard InChI is InChI=1S/C16H15N3O3S/c1-2-6-23-16-18-14-13(15(22)19-16)11(8-12(21)17-14)9-4-3-5-10(20)7-9/h2-5,7,11,20H,1,6,8H2,(H2,17,18,19,21,22)/t11-/m1/s1. The van der Waals surface area contributed by atoms with Gasteiger partial charge in [-0.1, -0.05) is 30.0 Å². The van der Waals surface area contributed by atoms with Crippen molar-refractivity contribution in [2.24, 2.45) is 0 Å².